The molecule has 0 saturated carbocycles. The molecule has 0 amide bonds. The van der Waals surface area contributed by atoms with Gasteiger partial charge in [0.25, 0.3) is 0 Å². The number of nitriles is 2. The van der Waals surface area contributed by atoms with E-state index >= 15 is 0 Å². The van der Waals surface area contributed by atoms with Crippen LogP contribution in [0.25, 0.3) is 0 Å². The molecule has 0 fully saturated rings. The van der Waals surface area contributed by atoms with Crippen molar-refractivity contribution in [2.45, 2.75) is 12.8 Å². The average Bonchev–Trinajstić information content (AvgIpc) is 2.20. The van der Waals surface area contributed by atoms with Gasteiger partial charge in [-0.3, -0.25) is 0 Å². The van der Waals surface area contributed by atoms with Crippen LogP contribution < -0.4 is 0 Å². The van der Waals surface area contributed by atoms with Crippen LogP contribution >= 0.6 is 0 Å². The van der Waals surface area contributed by atoms with Crippen LogP contribution in [0.5, 0.6) is 5.75 Å². The van der Waals surface area contributed by atoms with Crippen LogP contribution in [0, 0.1) is 28.5 Å². The molecular formula is C10H7FN2O. The third-order valence-corrected chi connectivity index (χ3v) is 1.88. The molecule has 4 heteroatoms. The van der Waals surface area contributed by atoms with Gasteiger partial charge in [-0.1, -0.05) is 0 Å². The Labute approximate surface area is 80.6 Å². The second-order valence-corrected chi connectivity index (χ2v) is 2.86. The highest BCUT2D eigenvalue weighted by Crippen LogP contribution is 2.29. The van der Waals surface area contributed by atoms with E-state index in [-0.39, 0.29) is 11.1 Å². The molecule has 1 unspecified atom stereocenters. The Morgan fingerprint density at radius 2 is 2.07 bits per heavy atom. The number of hydrogen-bond donors (Lipinski definition) is 1. The second kappa shape index (κ2) is 3.76. The number of phenolic OH excluding ortho intramolecular Hbond substituents is 1. The normalized spacial score (nSPS) is 11.4. The highest BCUT2D eigenvalue weighted by Gasteiger charge is 2.14. The summed E-state index contributed by atoms with van der Waals surface area (Å²) in [6, 6.07) is 5.86. The Morgan fingerprint density at radius 1 is 1.43 bits per heavy atom. The van der Waals surface area contributed by atoms with Gasteiger partial charge in [0.2, 0.25) is 0 Å². The summed E-state index contributed by atoms with van der Waals surface area (Å²) in [4.78, 5) is 0. The first-order valence-corrected chi connectivity index (χ1v) is 3.92. The first-order chi connectivity index (χ1) is 6.60. The van der Waals surface area contributed by atoms with Crippen molar-refractivity contribution in [3.63, 3.8) is 0 Å². The maximum atomic E-state index is 13.0. The highest BCUT2D eigenvalue weighted by atomic mass is 19.1. The number of phenols is 1. The van der Waals surface area contributed by atoms with Crippen molar-refractivity contribution in [1.29, 1.82) is 10.5 Å². The average molecular weight is 190 g/mol. The first-order valence-electron chi connectivity index (χ1n) is 3.92. The maximum absolute atomic E-state index is 13.0. The fourth-order valence-corrected chi connectivity index (χ4v) is 1.08. The van der Waals surface area contributed by atoms with Crippen LogP contribution in [0.15, 0.2) is 12.1 Å². The smallest absolute Gasteiger partial charge is 0.166 e. The second-order valence-electron chi connectivity index (χ2n) is 2.86. The van der Waals surface area contributed by atoms with Gasteiger partial charge in [-0.2, -0.15) is 10.5 Å². The van der Waals surface area contributed by atoms with Crippen LogP contribution in [-0.2, 0) is 0 Å². The molecule has 0 aliphatic heterocycles. The third kappa shape index (κ3) is 1.65. The van der Waals surface area contributed by atoms with Crippen molar-refractivity contribution in [3.8, 4) is 17.9 Å². The van der Waals surface area contributed by atoms with Crippen LogP contribution in [0.2, 0.25) is 0 Å². The lowest BCUT2D eigenvalue weighted by Gasteiger charge is -2.06. The van der Waals surface area contributed by atoms with E-state index in [1.807, 2.05) is 6.07 Å². The molecule has 0 bridgehead atoms. The minimum absolute atomic E-state index is 0.0948. The van der Waals surface area contributed by atoms with Crippen molar-refractivity contribution < 1.29 is 9.50 Å². The molecule has 0 saturated heterocycles. The molecular weight excluding hydrogens is 183 g/mol. The number of nitrogens with zero attached hydrogens (tertiary/aromatic N) is 2. The molecule has 0 aromatic heterocycles. The molecule has 0 radical (unpaired) electrons. The minimum Gasteiger partial charge on any atom is -0.505 e. The molecule has 3 nitrogen and oxygen atoms in total. The lowest BCUT2D eigenvalue weighted by atomic mass is 9.99. The maximum Gasteiger partial charge on any atom is 0.166 e. The third-order valence-electron chi connectivity index (χ3n) is 1.88. The van der Waals surface area contributed by atoms with Gasteiger partial charge in [-0.15, -0.1) is 0 Å². The van der Waals surface area contributed by atoms with E-state index in [0.29, 0.717) is 0 Å². The number of halogens is 1. The summed E-state index contributed by atoms with van der Waals surface area (Å²) in [5.74, 6) is -2.07. The van der Waals surface area contributed by atoms with E-state index in [9.17, 15) is 9.50 Å². The number of benzene rings is 1. The predicted octanol–water partition coefficient (Wildman–Crippen LogP) is 2.03. The molecule has 70 valence electrons. The number of hydrogen-bond acceptors (Lipinski definition) is 3. The zero-order chi connectivity index (χ0) is 10.7. The van der Waals surface area contributed by atoms with E-state index in [4.69, 9.17) is 10.5 Å². The largest absolute Gasteiger partial charge is 0.505 e. The van der Waals surface area contributed by atoms with Crippen LogP contribution in [0.4, 0.5) is 4.39 Å². The first kappa shape index (κ1) is 10.0. The predicted molar refractivity (Wildman–Crippen MR) is 46.8 cm³/mol. The van der Waals surface area contributed by atoms with Crippen molar-refractivity contribution >= 4 is 0 Å². The molecule has 1 N–H and O–H groups in total. The van der Waals surface area contributed by atoms with Gasteiger partial charge >= 0.3 is 0 Å². The molecule has 14 heavy (non-hydrogen) atoms. The summed E-state index contributed by atoms with van der Waals surface area (Å²) >= 11 is 0. The van der Waals surface area contributed by atoms with Crippen LogP contribution in [0.3, 0.4) is 0 Å². The molecule has 0 spiro atoms. The Kier molecular flexibility index (Phi) is 2.69. The van der Waals surface area contributed by atoms with Crippen LogP contribution in [0.1, 0.15) is 24.0 Å². The van der Waals surface area contributed by atoms with Gasteiger partial charge in [0.1, 0.15) is 0 Å². The Hall–Kier alpha value is -2.07. The standard InChI is InChI=1S/C10H7FN2O/c1-6(4-12)8-2-7(5-13)3-9(11)10(8)14/h2-3,6,14H,1H3. The molecule has 1 aromatic rings. The summed E-state index contributed by atoms with van der Waals surface area (Å²) in [7, 11) is 0. The van der Waals surface area contributed by atoms with E-state index in [2.05, 4.69) is 0 Å². The summed E-state index contributed by atoms with van der Waals surface area (Å²) in [5, 5.41) is 26.4. The molecule has 1 atom stereocenters. The SMILES string of the molecule is CC(C#N)c1cc(C#N)cc(F)c1O. The van der Waals surface area contributed by atoms with Gasteiger partial charge in [0.15, 0.2) is 11.6 Å². The Bertz CT molecular complexity index is 443. The van der Waals surface area contributed by atoms with Gasteiger partial charge in [-0.25, -0.2) is 4.39 Å². The molecule has 1 rings (SSSR count). The topological polar surface area (TPSA) is 67.8 Å². The fraction of sp³-hybridized carbons (Fsp3) is 0.200. The Morgan fingerprint density at radius 3 is 2.57 bits per heavy atom. The van der Waals surface area contributed by atoms with Crippen LogP contribution in [-0.4, -0.2) is 5.11 Å². The van der Waals surface area contributed by atoms with Crippen molar-refractivity contribution in [3.05, 3.63) is 29.1 Å². The monoisotopic (exact) mass is 190 g/mol. The van der Waals surface area contributed by atoms with Gasteiger partial charge in [0, 0.05) is 5.56 Å². The van der Waals surface area contributed by atoms with Gasteiger partial charge in [-0.05, 0) is 19.1 Å². The molecule has 1 aromatic carbocycles. The van der Waals surface area contributed by atoms with Crippen molar-refractivity contribution in [2.24, 2.45) is 0 Å². The molecule has 0 aliphatic rings. The minimum atomic E-state index is -0.874. The van der Waals surface area contributed by atoms with Gasteiger partial charge < -0.3 is 5.11 Å². The number of rotatable bonds is 1. The van der Waals surface area contributed by atoms with Gasteiger partial charge in [0.05, 0.1) is 23.6 Å². The molecule has 0 aliphatic carbocycles. The quantitative estimate of drug-likeness (QED) is 0.736. The summed E-state index contributed by atoms with van der Waals surface area (Å²) in [6.45, 7) is 1.52. The lowest BCUT2D eigenvalue weighted by Crippen LogP contribution is -1.94. The Balaban J connectivity index is 3.38. The highest BCUT2D eigenvalue weighted by molar-refractivity contribution is 5.45. The van der Waals surface area contributed by atoms with E-state index in [1.165, 1.54) is 13.0 Å². The summed E-state index contributed by atoms with van der Waals surface area (Å²) in [6.07, 6.45) is 0. The lowest BCUT2D eigenvalue weighted by molar-refractivity contribution is 0.425. The van der Waals surface area contributed by atoms with E-state index < -0.39 is 17.5 Å². The molecule has 0 heterocycles. The fourth-order valence-electron chi connectivity index (χ4n) is 1.08. The zero-order valence-corrected chi connectivity index (χ0v) is 7.45. The summed E-state index contributed by atoms with van der Waals surface area (Å²) in [5.41, 5.74) is 0.237. The van der Waals surface area contributed by atoms with E-state index in [0.717, 1.165) is 6.07 Å². The zero-order valence-electron chi connectivity index (χ0n) is 7.45. The number of aromatic hydroxyl groups is 1. The van der Waals surface area contributed by atoms with Crippen molar-refractivity contribution in [2.75, 3.05) is 0 Å². The van der Waals surface area contributed by atoms with E-state index in [1.54, 1.807) is 6.07 Å². The van der Waals surface area contributed by atoms with Crippen molar-refractivity contribution in [1.82, 2.24) is 0 Å². The summed E-state index contributed by atoms with van der Waals surface area (Å²) < 4.78 is 13.0.